The molecule has 0 saturated carbocycles. The quantitative estimate of drug-likeness (QED) is 0.247. The van der Waals surface area contributed by atoms with Crippen LogP contribution in [0.4, 0.5) is 4.39 Å². The van der Waals surface area contributed by atoms with E-state index in [1.54, 1.807) is 28.8 Å². The first-order chi connectivity index (χ1) is 15.1. The summed E-state index contributed by atoms with van der Waals surface area (Å²) >= 11 is 0. The number of hydrogen-bond donors (Lipinski definition) is 1. The SMILES string of the molecule is CCCON=C(Cn1c(C(=O)O)cc2ccccc21)c1cc(-c2ccc(F)cc2)no1. The molecule has 2 aromatic carbocycles. The van der Waals surface area contributed by atoms with Gasteiger partial charge in [0, 0.05) is 22.5 Å². The van der Waals surface area contributed by atoms with Crippen LogP contribution < -0.4 is 0 Å². The van der Waals surface area contributed by atoms with Crippen LogP contribution in [0.2, 0.25) is 0 Å². The summed E-state index contributed by atoms with van der Waals surface area (Å²) in [4.78, 5) is 17.2. The molecule has 158 valence electrons. The normalized spacial score (nSPS) is 11.7. The molecule has 8 heteroatoms. The van der Waals surface area contributed by atoms with Gasteiger partial charge in [-0.25, -0.2) is 9.18 Å². The predicted octanol–water partition coefficient (Wildman–Crippen LogP) is 4.96. The van der Waals surface area contributed by atoms with Gasteiger partial charge in [-0.1, -0.05) is 35.4 Å². The molecule has 2 aromatic heterocycles. The van der Waals surface area contributed by atoms with Crippen LogP contribution in [-0.2, 0) is 11.4 Å². The molecule has 0 fully saturated rings. The van der Waals surface area contributed by atoms with Gasteiger partial charge in [-0.15, -0.1) is 0 Å². The van der Waals surface area contributed by atoms with Gasteiger partial charge in [0.05, 0.1) is 6.54 Å². The van der Waals surface area contributed by atoms with E-state index in [0.717, 1.165) is 17.3 Å². The molecule has 0 spiro atoms. The van der Waals surface area contributed by atoms with Crippen LogP contribution in [0.3, 0.4) is 0 Å². The lowest BCUT2D eigenvalue weighted by Crippen LogP contribution is -2.16. The van der Waals surface area contributed by atoms with Gasteiger partial charge in [-0.05, 0) is 42.8 Å². The number of carbonyl (C=O) groups is 1. The fourth-order valence-electron chi connectivity index (χ4n) is 3.24. The van der Waals surface area contributed by atoms with Crippen LogP contribution in [-0.4, -0.2) is 33.1 Å². The summed E-state index contributed by atoms with van der Waals surface area (Å²) in [5, 5.41) is 18.7. The van der Waals surface area contributed by atoms with Crippen LogP contribution in [0, 0.1) is 5.82 Å². The molecular formula is C23H20FN3O4. The molecule has 0 aliphatic carbocycles. The second kappa shape index (κ2) is 8.83. The Morgan fingerprint density at radius 2 is 1.97 bits per heavy atom. The first-order valence-corrected chi connectivity index (χ1v) is 9.80. The molecule has 4 rings (SSSR count). The highest BCUT2D eigenvalue weighted by Gasteiger charge is 2.20. The Kier molecular flexibility index (Phi) is 5.79. The van der Waals surface area contributed by atoms with Crippen molar-refractivity contribution >= 4 is 22.6 Å². The third-order valence-corrected chi connectivity index (χ3v) is 4.74. The third-order valence-electron chi connectivity index (χ3n) is 4.74. The summed E-state index contributed by atoms with van der Waals surface area (Å²) in [7, 11) is 0. The molecule has 0 aliphatic rings. The highest BCUT2D eigenvalue weighted by Crippen LogP contribution is 2.23. The van der Waals surface area contributed by atoms with E-state index >= 15 is 0 Å². The first kappa shape index (κ1) is 20.3. The molecule has 4 aromatic rings. The van der Waals surface area contributed by atoms with Crippen molar-refractivity contribution in [2.24, 2.45) is 5.16 Å². The molecule has 0 radical (unpaired) electrons. The van der Waals surface area contributed by atoms with Gasteiger partial charge < -0.3 is 19.0 Å². The first-order valence-electron chi connectivity index (χ1n) is 9.80. The Balaban J connectivity index is 1.73. The number of aromatic nitrogens is 2. The number of aromatic carboxylic acids is 1. The number of benzene rings is 2. The predicted molar refractivity (Wildman–Crippen MR) is 114 cm³/mol. The van der Waals surface area contributed by atoms with Gasteiger partial charge in [0.1, 0.15) is 29.5 Å². The van der Waals surface area contributed by atoms with Crippen LogP contribution in [0.15, 0.2) is 70.3 Å². The van der Waals surface area contributed by atoms with Gasteiger partial charge >= 0.3 is 5.97 Å². The van der Waals surface area contributed by atoms with Crippen LogP contribution in [0.25, 0.3) is 22.2 Å². The van der Waals surface area contributed by atoms with Gasteiger partial charge in [-0.2, -0.15) is 0 Å². The van der Waals surface area contributed by atoms with E-state index in [1.165, 1.54) is 12.1 Å². The zero-order valence-electron chi connectivity index (χ0n) is 16.8. The standard InChI is InChI=1S/C23H20FN3O4/c1-2-11-30-25-19(22-13-18(26-31-22)15-7-9-17(24)10-8-15)14-27-20-6-4-3-5-16(20)12-21(27)23(28)29/h3-10,12-13H,2,11,14H2,1H3,(H,28,29). The molecule has 0 amide bonds. The van der Waals surface area contributed by atoms with Crippen molar-refractivity contribution in [2.45, 2.75) is 19.9 Å². The number of rotatable bonds is 8. The van der Waals surface area contributed by atoms with Crippen molar-refractivity contribution in [1.82, 2.24) is 9.72 Å². The maximum atomic E-state index is 13.2. The Morgan fingerprint density at radius 1 is 1.19 bits per heavy atom. The van der Waals surface area contributed by atoms with Crippen molar-refractivity contribution in [3.63, 3.8) is 0 Å². The largest absolute Gasteiger partial charge is 0.477 e. The lowest BCUT2D eigenvalue weighted by Gasteiger charge is -2.09. The fourth-order valence-corrected chi connectivity index (χ4v) is 3.24. The van der Waals surface area contributed by atoms with Gasteiger partial charge in [0.25, 0.3) is 0 Å². The molecule has 0 bridgehead atoms. The lowest BCUT2D eigenvalue weighted by molar-refractivity contribution is 0.0686. The molecule has 31 heavy (non-hydrogen) atoms. The van der Waals surface area contributed by atoms with E-state index < -0.39 is 5.97 Å². The number of carboxylic acids is 1. The fraction of sp³-hybridized carbons (Fsp3) is 0.174. The van der Waals surface area contributed by atoms with E-state index in [1.807, 2.05) is 31.2 Å². The number of halogens is 1. The van der Waals surface area contributed by atoms with Gasteiger partial charge in [0.2, 0.25) is 0 Å². The molecule has 7 nitrogen and oxygen atoms in total. The summed E-state index contributed by atoms with van der Waals surface area (Å²) in [6, 6.07) is 16.6. The van der Waals surface area contributed by atoms with Crippen molar-refractivity contribution < 1.29 is 23.7 Å². The average molecular weight is 421 g/mol. The minimum Gasteiger partial charge on any atom is -0.477 e. The summed E-state index contributed by atoms with van der Waals surface area (Å²) in [5.41, 5.74) is 2.46. The second-order valence-corrected chi connectivity index (χ2v) is 6.93. The molecule has 2 heterocycles. The summed E-state index contributed by atoms with van der Waals surface area (Å²) < 4.78 is 20.4. The van der Waals surface area contributed by atoms with Gasteiger partial charge in [-0.3, -0.25) is 0 Å². The Morgan fingerprint density at radius 3 is 2.71 bits per heavy atom. The zero-order valence-corrected chi connectivity index (χ0v) is 16.8. The number of carboxylic acid groups (broad SMARTS) is 1. The highest BCUT2D eigenvalue weighted by molar-refractivity contribution is 6.01. The maximum Gasteiger partial charge on any atom is 0.352 e. The zero-order chi connectivity index (χ0) is 21.8. The van der Waals surface area contributed by atoms with E-state index in [0.29, 0.717) is 29.3 Å². The average Bonchev–Trinajstić information content (AvgIpc) is 3.39. The molecule has 0 atom stereocenters. The Labute approximate surface area is 177 Å². The van der Waals surface area contributed by atoms with E-state index in [9.17, 15) is 14.3 Å². The third kappa shape index (κ3) is 4.32. The highest BCUT2D eigenvalue weighted by atomic mass is 19.1. The maximum absolute atomic E-state index is 13.2. The van der Waals surface area contributed by atoms with E-state index in [4.69, 9.17) is 9.36 Å². The molecule has 0 aliphatic heterocycles. The molecule has 0 saturated heterocycles. The van der Waals surface area contributed by atoms with Crippen molar-refractivity contribution in [3.8, 4) is 11.3 Å². The van der Waals surface area contributed by atoms with Crippen LogP contribution in [0.5, 0.6) is 0 Å². The minimum atomic E-state index is -1.05. The van der Waals surface area contributed by atoms with Crippen LogP contribution in [0.1, 0.15) is 29.6 Å². The van der Waals surface area contributed by atoms with Crippen molar-refractivity contribution in [2.75, 3.05) is 6.61 Å². The van der Waals surface area contributed by atoms with Crippen molar-refractivity contribution in [1.29, 1.82) is 0 Å². The number of fused-ring (bicyclic) bond motifs is 1. The number of hydrogen-bond acceptors (Lipinski definition) is 5. The Bertz CT molecular complexity index is 1240. The lowest BCUT2D eigenvalue weighted by atomic mass is 10.1. The molecular weight excluding hydrogens is 401 g/mol. The smallest absolute Gasteiger partial charge is 0.352 e. The number of oxime groups is 1. The topological polar surface area (TPSA) is 89.9 Å². The number of nitrogens with zero attached hydrogens (tertiary/aromatic N) is 3. The number of para-hydroxylation sites is 1. The van der Waals surface area contributed by atoms with Crippen molar-refractivity contribution in [3.05, 3.63) is 77.9 Å². The summed E-state index contributed by atoms with van der Waals surface area (Å²) in [6.07, 6.45) is 0.765. The van der Waals surface area contributed by atoms with E-state index in [-0.39, 0.29) is 18.1 Å². The molecule has 1 N–H and O–H groups in total. The van der Waals surface area contributed by atoms with Crippen LogP contribution >= 0.6 is 0 Å². The summed E-state index contributed by atoms with van der Waals surface area (Å²) in [5.74, 6) is -1.05. The summed E-state index contributed by atoms with van der Waals surface area (Å²) in [6.45, 7) is 2.47. The van der Waals surface area contributed by atoms with E-state index in [2.05, 4.69) is 10.3 Å². The minimum absolute atomic E-state index is 0.108. The van der Waals surface area contributed by atoms with Gasteiger partial charge in [0.15, 0.2) is 5.76 Å². The second-order valence-electron chi connectivity index (χ2n) is 6.93. The monoisotopic (exact) mass is 421 g/mol. The Hall–Kier alpha value is -3.94. The molecule has 0 unspecified atom stereocenters.